The van der Waals surface area contributed by atoms with Gasteiger partial charge in [0, 0.05) is 41.8 Å². The molecule has 0 saturated carbocycles. The smallest absolute Gasteiger partial charge is 0.226 e. The van der Waals surface area contributed by atoms with Gasteiger partial charge in [0.2, 0.25) is 5.91 Å². The predicted molar refractivity (Wildman–Crippen MR) is 166 cm³/mol. The number of hydrogen-bond donors (Lipinski definition) is 2. The number of aromatic nitrogens is 5. The summed E-state index contributed by atoms with van der Waals surface area (Å²) in [5.41, 5.74) is 4.86. The van der Waals surface area contributed by atoms with Gasteiger partial charge in [-0.15, -0.1) is 10.2 Å². The van der Waals surface area contributed by atoms with Gasteiger partial charge < -0.3 is 14.9 Å². The topological polar surface area (TPSA) is 88.5 Å². The lowest BCUT2D eigenvalue weighted by Crippen LogP contribution is -2.33. The summed E-state index contributed by atoms with van der Waals surface area (Å²) in [7, 11) is 0. The summed E-state index contributed by atoms with van der Waals surface area (Å²) in [6.07, 6.45) is 4.94. The summed E-state index contributed by atoms with van der Waals surface area (Å²) in [5.74, 6) is 1.30. The fourth-order valence-corrected chi connectivity index (χ4v) is 5.47. The van der Waals surface area contributed by atoms with Crippen LogP contribution in [0.4, 0.5) is 0 Å². The molecule has 210 valence electrons. The van der Waals surface area contributed by atoms with Crippen molar-refractivity contribution in [3.8, 4) is 0 Å². The van der Waals surface area contributed by atoms with Crippen LogP contribution in [0, 0.1) is 0 Å². The summed E-state index contributed by atoms with van der Waals surface area (Å²) in [4.78, 5) is 21.1. The first kappa shape index (κ1) is 27.7. The van der Waals surface area contributed by atoms with E-state index in [0.29, 0.717) is 40.9 Å². The molecule has 3 aromatic heterocycles. The van der Waals surface area contributed by atoms with Crippen molar-refractivity contribution in [2.24, 2.45) is 0 Å². The van der Waals surface area contributed by atoms with E-state index in [1.807, 2.05) is 72.9 Å². The average Bonchev–Trinajstić information content (AvgIpc) is 3.59. The van der Waals surface area contributed by atoms with Crippen molar-refractivity contribution in [3.05, 3.63) is 147 Å². The molecule has 7 nitrogen and oxygen atoms in total. The molecule has 3 heterocycles. The van der Waals surface area contributed by atoms with Gasteiger partial charge in [0.15, 0.2) is 5.82 Å². The highest BCUT2D eigenvalue weighted by Crippen LogP contribution is 2.27. The number of halogens is 2. The Morgan fingerprint density at radius 1 is 0.881 bits per heavy atom. The van der Waals surface area contributed by atoms with Crippen molar-refractivity contribution in [1.82, 2.24) is 30.0 Å². The van der Waals surface area contributed by atoms with E-state index in [1.54, 1.807) is 12.3 Å². The van der Waals surface area contributed by atoms with Crippen LogP contribution in [0.1, 0.15) is 40.1 Å². The molecule has 3 aromatic carbocycles. The number of rotatable bonds is 10. The van der Waals surface area contributed by atoms with Crippen molar-refractivity contribution < 1.29 is 4.79 Å². The molecule has 6 rings (SSSR count). The number of hydrogen-bond acceptors (Lipinski definition) is 4. The summed E-state index contributed by atoms with van der Waals surface area (Å²) in [6, 6.07) is 29.0. The van der Waals surface area contributed by atoms with Crippen molar-refractivity contribution >= 4 is 40.0 Å². The summed E-state index contributed by atoms with van der Waals surface area (Å²) in [6.45, 7) is 0.460. The van der Waals surface area contributed by atoms with Gasteiger partial charge in [-0.05, 0) is 47.0 Å². The maximum absolute atomic E-state index is 13.4. The number of amides is 1. The zero-order chi connectivity index (χ0) is 28.9. The van der Waals surface area contributed by atoms with Gasteiger partial charge in [0.1, 0.15) is 5.82 Å². The molecule has 0 saturated heterocycles. The van der Waals surface area contributed by atoms with Crippen LogP contribution in [0.3, 0.4) is 0 Å². The van der Waals surface area contributed by atoms with Crippen molar-refractivity contribution in [3.63, 3.8) is 0 Å². The Kier molecular flexibility index (Phi) is 8.30. The molecule has 1 amide bonds. The van der Waals surface area contributed by atoms with E-state index < -0.39 is 6.04 Å². The summed E-state index contributed by atoms with van der Waals surface area (Å²) < 4.78 is 2.08. The predicted octanol–water partition coefficient (Wildman–Crippen LogP) is 6.74. The van der Waals surface area contributed by atoms with Crippen LogP contribution >= 0.6 is 23.2 Å². The fourth-order valence-electron chi connectivity index (χ4n) is 5.15. The standard InChI is InChI=1S/C33H28Cl2N6O/c34-27-14-13-23(16-28(27)35)21-41-31(17-22-8-2-1-3-9-22)39-40-33(41)30(38-32(42)19-25-10-6-7-15-36-25)18-24-20-37-29-12-5-4-11-26(24)29/h1-16,20,30,37H,17-19,21H2,(H,38,42). The summed E-state index contributed by atoms with van der Waals surface area (Å²) in [5, 5.41) is 14.6. The Morgan fingerprint density at radius 3 is 2.50 bits per heavy atom. The number of pyridine rings is 1. The number of carbonyl (C=O) groups is 1. The maximum atomic E-state index is 13.4. The lowest BCUT2D eigenvalue weighted by molar-refractivity contribution is -0.121. The van der Waals surface area contributed by atoms with Gasteiger partial charge in [0.25, 0.3) is 0 Å². The van der Waals surface area contributed by atoms with Gasteiger partial charge in [-0.25, -0.2) is 0 Å². The van der Waals surface area contributed by atoms with Gasteiger partial charge in [-0.2, -0.15) is 0 Å². The van der Waals surface area contributed by atoms with E-state index in [1.165, 1.54) is 0 Å². The SMILES string of the molecule is O=C(Cc1ccccn1)NC(Cc1c[nH]c2ccccc12)c1nnc(Cc2ccccc2)n1Cc1ccc(Cl)c(Cl)c1. The third-order valence-corrected chi connectivity index (χ3v) is 7.94. The molecule has 1 atom stereocenters. The molecule has 9 heteroatoms. The van der Waals surface area contributed by atoms with Crippen LogP contribution in [0.2, 0.25) is 10.0 Å². The molecule has 0 aliphatic rings. The van der Waals surface area contributed by atoms with E-state index in [0.717, 1.165) is 33.4 Å². The molecule has 1 unspecified atom stereocenters. The minimum absolute atomic E-state index is 0.146. The highest BCUT2D eigenvalue weighted by atomic mass is 35.5. The Bertz CT molecular complexity index is 1820. The minimum atomic E-state index is -0.458. The van der Waals surface area contributed by atoms with Crippen LogP contribution in [0.15, 0.2) is 103 Å². The fraction of sp³-hybridized carbons (Fsp3) is 0.152. The van der Waals surface area contributed by atoms with Crippen molar-refractivity contribution in [2.45, 2.75) is 31.8 Å². The second kappa shape index (κ2) is 12.6. The van der Waals surface area contributed by atoms with Crippen molar-refractivity contribution in [2.75, 3.05) is 0 Å². The second-order valence-corrected chi connectivity index (χ2v) is 11.0. The third-order valence-electron chi connectivity index (χ3n) is 7.20. The lowest BCUT2D eigenvalue weighted by atomic mass is 10.0. The highest BCUT2D eigenvalue weighted by Gasteiger charge is 2.25. The summed E-state index contributed by atoms with van der Waals surface area (Å²) >= 11 is 12.6. The molecule has 0 spiro atoms. The van der Waals surface area contributed by atoms with E-state index in [4.69, 9.17) is 23.2 Å². The molecular formula is C33H28Cl2N6O. The van der Waals surface area contributed by atoms with Crippen LogP contribution in [0.5, 0.6) is 0 Å². The van der Waals surface area contributed by atoms with Crippen LogP contribution < -0.4 is 5.32 Å². The zero-order valence-electron chi connectivity index (χ0n) is 22.7. The molecule has 6 aromatic rings. The number of carbonyl (C=O) groups excluding carboxylic acids is 1. The Morgan fingerprint density at radius 2 is 1.69 bits per heavy atom. The average molecular weight is 596 g/mol. The lowest BCUT2D eigenvalue weighted by Gasteiger charge is -2.20. The van der Waals surface area contributed by atoms with Gasteiger partial charge >= 0.3 is 0 Å². The molecular weight excluding hydrogens is 567 g/mol. The number of aromatic amines is 1. The van der Waals surface area contributed by atoms with E-state index in [2.05, 4.69) is 48.2 Å². The van der Waals surface area contributed by atoms with E-state index in [9.17, 15) is 4.79 Å². The number of fused-ring (bicyclic) bond motifs is 1. The van der Waals surface area contributed by atoms with E-state index >= 15 is 0 Å². The van der Waals surface area contributed by atoms with Gasteiger partial charge in [-0.3, -0.25) is 9.78 Å². The van der Waals surface area contributed by atoms with Crippen molar-refractivity contribution in [1.29, 1.82) is 0 Å². The molecule has 42 heavy (non-hydrogen) atoms. The highest BCUT2D eigenvalue weighted by molar-refractivity contribution is 6.42. The number of H-pyrrole nitrogens is 1. The third kappa shape index (κ3) is 6.38. The van der Waals surface area contributed by atoms with E-state index in [-0.39, 0.29) is 12.3 Å². The van der Waals surface area contributed by atoms with Crippen LogP contribution in [-0.4, -0.2) is 30.6 Å². The molecule has 0 aliphatic heterocycles. The Hall–Kier alpha value is -4.46. The first-order chi connectivity index (χ1) is 20.5. The molecule has 0 bridgehead atoms. The maximum Gasteiger partial charge on any atom is 0.226 e. The molecule has 0 radical (unpaired) electrons. The number of nitrogens with zero attached hydrogens (tertiary/aromatic N) is 4. The number of para-hydroxylation sites is 1. The first-order valence-electron chi connectivity index (χ1n) is 13.7. The quantitative estimate of drug-likeness (QED) is 0.184. The van der Waals surface area contributed by atoms with Crippen LogP contribution in [-0.2, 0) is 30.6 Å². The number of benzene rings is 3. The zero-order valence-corrected chi connectivity index (χ0v) is 24.2. The van der Waals surface area contributed by atoms with Gasteiger partial charge in [-0.1, -0.05) is 83.9 Å². The Balaban J connectivity index is 1.40. The normalized spacial score (nSPS) is 12.0. The van der Waals surface area contributed by atoms with Gasteiger partial charge in [0.05, 0.1) is 29.1 Å². The first-order valence-corrected chi connectivity index (χ1v) is 14.4. The monoisotopic (exact) mass is 594 g/mol. The molecule has 2 N–H and O–H groups in total. The molecule has 0 fully saturated rings. The minimum Gasteiger partial charge on any atom is -0.361 e. The van der Waals surface area contributed by atoms with Crippen LogP contribution in [0.25, 0.3) is 10.9 Å². The number of nitrogens with one attached hydrogen (secondary N) is 2. The molecule has 0 aliphatic carbocycles. The second-order valence-electron chi connectivity index (χ2n) is 10.2. The Labute approximate surface area is 253 Å². The largest absolute Gasteiger partial charge is 0.361 e.